The molecule has 0 spiro atoms. The topological polar surface area (TPSA) is 65.1 Å². The Morgan fingerprint density at radius 2 is 0.373 bits per heavy atom. The van der Waals surface area contributed by atoms with Crippen molar-refractivity contribution in [1.29, 1.82) is 0 Å². The van der Waals surface area contributed by atoms with Crippen LogP contribution in [0.4, 0.5) is 51.2 Å². The minimum Gasteiger partial charge on any atom is -0.495 e. The fourth-order valence-electron chi connectivity index (χ4n) is 9.65. The van der Waals surface area contributed by atoms with E-state index in [2.05, 4.69) is 142 Å². The first-order chi connectivity index (χ1) is 36.9. The Bertz CT molecular complexity index is 3020. The van der Waals surface area contributed by atoms with Crippen molar-refractivity contribution in [2.75, 3.05) is 57.4 Å². The highest BCUT2D eigenvalue weighted by atomic mass is 16.5. The van der Waals surface area contributed by atoms with E-state index in [1.165, 1.54) is 0 Å². The van der Waals surface area contributed by atoms with E-state index in [0.717, 1.165) is 119 Å². The minimum absolute atomic E-state index is 0.740. The summed E-state index contributed by atoms with van der Waals surface area (Å²) >= 11 is 0. The Balaban J connectivity index is 1.10. The highest BCUT2D eigenvalue weighted by Gasteiger charge is 2.24. The normalized spacial score (nSPS) is 10.8. The molecule has 10 aromatic carbocycles. The van der Waals surface area contributed by atoms with E-state index in [4.69, 9.17) is 28.4 Å². The number of anilines is 9. The van der Waals surface area contributed by atoms with Crippen molar-refractivity contribution >= 4 is 51.2 Å². The number of hydrogen-bond donors (Lipinski definition) is 0. The van der Waals surface area contributed by atoms with Gasteiger partial charge in [-0.1, -0.05) is 109 Å². The molecule has 0 radical (unpaired) electrons. The largest absolute Gasteiger partial charge is 0.495 e. The molecule has 0 aromatic heterocycles. The lowest BCUT2D eigenvalue weighted by atomic mass is 9.93. The third kappa shape index (κ3) is 9.99. The molecule has 9 heteroatoms. The van der Waals surface area contributed by atoms with Gasteiger partial charge in [-0.05, 0) is 161 Å². The standard InChI is InChI=1S/C66H57N3O6/c1-70-61-25-13-7-19-55(61)67(56-20-8-14-26-62(56)71-2)52-37-31-46(32-38-52)49-43-50(47-33-39-53(40-34-47)68(57-21-9-15-27-63(57)72-3)58-22-10-16-28-64(58)73-4)45-51(44-49)48-35-41-54(42-36-48)69(59-23-11-17-29-65(59)74-5)60-24-12-18-30-66(60)75-6/h7-45H,1-6H3. The maximum Gasteiger partial charge on any atom is 0.142 e. The molecule has 0 heterocycles. The molecule has 372 valence electrons. The fraction of sp³-hybridized carbons (Fsp3) is 0.0909. The third-order valence-electron chi connectivity index (χ3n) is 13.3. The van der Waals surface area contributed by atoms with Crippen LogP contribution in [0.15, 0.2) is 237 Å². The highest BCUT2D eigenvalue weighted by molar-refractivity contribution is 5.89. The summed E-state index contributed by atoms with van der Waals surface area (Å²) in [6.07, 6.45) is 0. The molecule has 0 unspecified atom stereocenters. The lowest BCUT2D eigenvalue weighted by molar-refractivity contribution is 0.412. The van der Waals surface area contributed by atoms with E-state index in [1.807, 2.05) is 109 Å². The van der Waals surface area contributed by atoms with E-state index < -0.39 is 0 Å². The maximum atomic E-state index is 5.91. The number of hydrogen-bond acceptors (Lipinski definition) is 9. The Morgan fingerprint density at radius 3 is 0.547 bits per heavy atom. The summed E-state index contributed by atoms with van der Waals surface area (Å²) < 4.78 is 35.4. The Morgan fingerprint density at radius 1 is 0.200 bits per heavy atom. The number of methoxy groups -OCH3 is 6. The van der Waals surface area contributed by atoms with Gasteiger partial charge in [-0.2, -0.15) is 0 Å². The highest BCUT2D eigenvalue weighted by Crippen LogP contribution is 2.48. The predicted octanol–water partition coefficient (Wildman–Crippen LogP) is 17.1. The molecule has 0 bridgehead atoms. The molecule has 0 aliphatic rings. The van der Waals surface area contributed by atoms with Crippen molar-refractivity contribution in [3.05, 3.63) is 237 Å². The summed E-state index contributed by atoms with van der Waals surface area (Å²) in [7, 11) is 10.2. The van der Waals surface area contributed by atoms with Crippen LogP contribution in [0.3, 0.4) is 0 Å². The van der Waals surface area contributed by atoms with Crippen molar-refractivity contribution in [2.45, 2.75) is 0 Å². The second-order valence-electron chi connectivity index (χ2n) is 17.5. The molecule has 0 aliphatic carbocycles. The van der Waals surface area contributed by atoms with Crippen LogP contribution in [0.5, 0.6) is 34.5 Å². The quantitative estimate of drug-likeness (QED) is 0.0836. The lowest BCUT2D eigenvalue weighted by Gasteiger charge is -2.28. The van der Waals surface area contributed by atoms with Gasteiger partial charge < -0.3 is 43.1 Å². The van der Waals surface area contributed by atoms with Crippen LogP contribution in [-0.4, -0.2) is 42.7 Å². The Labute approximate surface area is 439 Å². The molecular weight excluding hydrogens is 931 g/mol. The van der Waals surface area contributed by atoms with E-state index in [9.17, 15) is 0 Å². The van der Waals surface area contributed by atoms with Gasteiger partial charge >= 0.3 is 0 Å². The maximum absolute atomic E-state index is 5.91. The van der Waals surface area contributed by atoms with Gasteiger partial charge in [0.15, 0.2) is 0 Å². The van der Waals surface area contributed by atoms with E-state index in [0.29, 0.717) is 0 Å². The van der Waals surface area contributed by atoms with Gasteiger partial charge in [0, 0.05) is 17.1 Å². The van der Waals surface area contributed by atoms with Crippen LogP contribution in [0.1, 0.15) is 0 Å². The van der Waals surface area contributed by atoms with Gasteiger partial charge in [-0.15, -0.1) is 0 Å². The second kappa shape index (κ2) is 22.4. The molecule has 0 N–H and O–H groups in total. The first-order valence-electron chi connectivity index (χ1n) is 24.6. The number of benzene rings is 10. The number of nitrogens with zero attached hydrogens (tertiary/aromatic N) is 3. The molecule has 10 aromatic rings. The van der Waals surface area contributed by atoms with E-state index in [-0.39, 0.29) is 0 Å². The molecule has 0 amide bonds. The summed E-state index contributed by atoms with van der Waals surface area (Å²) in [4.78, 5) is 6.52. The van der Waals surface area contributed by atoms with Crippen LogP contribution in [-0.2, 0) is 0 Å². The second-order valence-corrected chi connectivity index (χ2v) is 17.5. The van der Waals surface area contributed by atoms with Crippen LogP contribution in [0.2, 0.25) is 0 Å². The van der Waals surface area contributed by atoms with Gasteiger partial charge in [0.25, 0.3) is 0 Å². The molecule has 75 heavy (non-hydrogen) atoms. The smallest absolute Gasteiger partial charge is 0.142 e. The monoisotopic (exact) mass is 987 g/mol. The zero-order valence-electron chi connectivity index (χ0n) is 42.8. The molecule has 0 saturated heterocycles. The molecule has 0 saturated carbocycles. The summed E-state index contributed by atoms with van der Waals surface area (Å²) in [5.74, 6) is 4.44. The molecule has 0 fully saturated rings. The van der Waals surface area contributed by atoms with Gasteiger partial charge in [0.05, 0.1) is 76.8 Å². The minimum atomic E-state index is 0.740. The molecular formula is C66H57N3O6. The van der Waals surface area contributed by atoms with Crippen molar-refractivity contribution < 1.29 is 28.4 Å². The van der Waals surface area contributed by atoms with Gasteiger partial charge in [0.1, 0.15) is 34.5 Å². The molecule has 9 nitrogen and oxygen atoms in total. The van der Waals surface area contributed by atoms with Crippen LogP contribution >= 0.6 is 0 Å². The van der Waals surface area contributed by atoms with Crippen LogP contribution in [0, 0.1) is 0 Å². The Hall–Kier alpha value is -9.60. The van der Waals surface area contributed by atoms with Crippen molar-refractivity contribution in [3.8, 4) is 67.9 Å². The average Bonchev–Trinajstić information content (AvgIpc) is 3.48. The molecule has 10 rings (SSSR count). The lowest BCUT2D eigenvalue weighted by Crippen LogP contribution is -2.12. The summed E-state index contributed by atoms with van der Waals surface area (Å²) in [5.41, 5.74) is 14.5. The first kappa shape index (κ1) is 49.0. The summed E-state index contributed by atoms with van der Waals surface area (Å²) in [6.45, 7) is 0. The van der Waals surface area contributed by atoms with Crippen molar-refractivity contribution in [2.24, 2.45) is 0 Å². The third-order valence-corrected chi connectivity index (χ3v) is 13.3. The van der Waals surface area contributed by atoms with Gasteiger partial charge in [0.2, 0.25) is 0 Å². The van der Waals surface area contributed by atoms with E-state index in [1.54, 1.807) is 42.7 Å². The van der Waals surface area contributed by atoms with Crippen molar-refractivity contribution in [1.82, 2.24) is 0 Å². The zero-order valence-corrected chi connectivity index (χ0v) is 42.8. The van der Waals surface area contributed by atoms with E-state index >= 15 is 0 Å². The predicted molar refractivity (Wildman–Crippen MR) is 306 cm³/mol. The summed E-state index contributed by atoms with van der Waals surface area (Å²) in [6, 6.07) is 81.0. The van der Waals surface area contributed by atoms with Gasteiger partial charge in [-0.25, -0.2) is 0 Å². The zero-order chi connectivity index (χ0) is 51.7. The average molecular weight is 988 g/mol. The summed E-state index contributed by atoms with van der Waals surface area (Å²) in [5, 5.41) is 0. The SMILES string of the molecule is COc1ccccc1N(c1ccc(-c2cc(-c3ccc(N(c4ccccc4OC)c4ccccc4OC)cc3)cc(-c3ccc(N(c4ccccc4OC)c4ccccc4OC)cc3)c2)cc1)c1ccccc1OC. The Kier molecular flexibility index (Phi) is 14.7. The van der Waals surface area contributed by atoms with Crippen molar-refractivity contribution in [3.63, 3.8) is 0 Å². The number of para-hydroxylation sites is 12. The fourth-order valence-corrected chi connectivity index (χ4v) is 9.65. The van der Waals surface area contributed by atoms with Crippen LogP contribution < -0.4 is 43.1 Å². The van der Waals surface area contributed by atoms with Gasteiger partial charge in [-0.3, -0.25) is 0 Å². The number of ether oxygens (including phenoxy) is 6. The number of rotatable bonds is 18. The molecule has 0 atom stereocenters. The molecule has 0 aliphatic heterocycles. The first-order valence-corrected chi connectivity index (χ1v) is 24.6. The van der Waals surface area contributed by atoms with Crippen LogP contribution in [0.25, 0.3) is 33.4 Å².